The Bertz CT molecular complexity index is 780. The third kappa shape index (κ3) is 4.19. The summed E-state index contributed by atoms with van der Waals surface area (Å²) < 4.78 is 13.2. The van der Waals surface area contributed by atoms with E-state index < -0.39 is 5.92 Å². The zero-order valence-corrected chi connectivity index (χ0v) is 14.7. The number of carbonyl (C=O) groups is 2. The Balaban J connectivity index is 1.58. The highest BCUT2D eigenvalue weighted by atomic mass is 32.1. The molecular weight excluding hydrogens is 343 g/mol. The first-order valence-corrected chi connectivity index (χ1v) is 9.03. The Morgan fingerprint density at radius 3 is 3.04 bits per heavy atom. The van der Waals surface area contributed by atoms with Crippen LogP contribution in [0.1, 0.15) is 30.3 Å². The molecule has 6 nitrogen and oxygen atoms in total. The lowest BCUT2D eigenvalue weighted by molar-refractivity contribution is -0.126. The molecule has 2 heterocycles. The Morgan fingerprint density at radius 1 is 1.44 bits per heavy atom. The number of benzene rings is 1. The number of amides is 2. The number of hydrogen-bond donors (Lipinski definition) is 1. The highest BCUT2D eigenvalue weighted by Crippen LogP contribution is 2.28. The first-order valence-electron chi connectivity index (χ1n) is 8.21. The first-order chi connectivity index (χ1) is 12.1. The molecule has 0 bridgehead atoms. The van der Waals surface area contributed by atoms with Crippen LogP contribution in [0.3, 0.4) is 0 Å². The number of nitrogens with one attached hydrogen (secondary N) is 1. The predicted octanol–water partition coefficient (Wildman–Crippen LogP) is 2.30. The van der Waals surface area contributed by atoms with Crippen LogP contribution >= 0.6 is 11.3 Å². The Labute approximate surface area is 149 Å². The van der Waals surface area contributed by atoms with Crippen molar-refractivity contribution in [3.63, 3.8) is 0 Å². The molecule has 2 amide bonds. The van der Waals surface area contributed by atoms with Crippen molar-refractivity contribution >= 4 is 28.3 Å². The summed E-state index contributed by atoms with van der Waals surface area (Å²) in [6.07, 6.45) is 1.95. The van der Waals surface area contributed by atoms with E-state index in [1.165, 1.54) is 28.4 Å². The van der Waals surface area contributed by atoms with Crippen molar-refractivity contribution in [1.29, 1.82) is 0 Å². The van der Waals surface area contributed by atoms with Crippen LogP contribution in [0.15, 0.2) is 24.3 Å². The van der Waals surface area contributed by atoms with Crippen LogP contribution in [0.4, 0.5) is 9.52 Å². The van der Waals surface area contributed by atoms with E-state index in [1.54, 1.807) is 12.1 Å². The minimum atomic E-state index is -0.431. The molecule has 25 heavy (non-hydrogen) atoms. The van der Waals surface area contributed by atoms with Gasteiger partial charge in [0.05, 0.1) is 5.92 Å². The molecule has 1 aromatic carbocycles. The number of carbonyl (C=O) groups excluding carboxylic acids is 2. The topological polar surface area (TPSA) is 75.2 Å². The standard InChI is InChI=1S/C17H19FN4O2S/c1-2-4-14-20-21-17(25-14)22-10-12(8-15(22)23)16(24)19-9-11-5-3-6-13(18)7-11/h3,5-7,12H,2,4,8-10H2,1H3,(H,19,24). The van der Waals surface area contributed by atoms with Crippen molar-refractivity contribution in [3.05, 3.63) is 40.7 Å². The summed E-state index contributed by atoms with van der Waals surface area (Å²) in [5.41, 5.74) is 0.683. The maximum Gasteiger partial charge on any atom is 0.229 e. The Hall–Kier alpha value is -2.35. The van der Waals surface area contributed by atoms with E-state index in [2.05, 4.69) is 22.4 Å². The third-order valence-electron chi connectivity index (χ3n) is 4.00. The van der Waals surface area contributed by atoms with Gasteiger partial charge in [-0.05, 0) is 24.1 Å². The molecule has 0 aliphatic carbocycles. The minimum absolute atomic E-state index is 0.120. The van der Waals surface area contributed by atoms with E-state index >= 15 is 0 Å². The van der Waals surface area contributed by atoms with Crippen molar-refractivity contribution in [3.8, 4) is 0 Å². The molecule has 0 saturated carbocycles. The molecule has 1 saturated heterocycles. The van der Waals surface area contributed by atoms with Crippen LogP contribution < -0.4 is 10.2 Å². The van der Waals surface area contributed by atoms with Crippen LogP contribution in [0.2, 0.25) is 0 Å². The van der Waals surface area contributed by atoms with E-state index in [9.17, 15) is 14.0 Å². The number of aryl methyl sites for hydroxylation is 1. The van der Waals surface area contributed by atoms with Gasteiger partial charge in [0, 0.05) is 25.9 Å². The highest BCUT2D eigenvalue weighted by Gasteiger charge is 2.36. The summed E-state index contributed by atoms with van der Waals surface area (Å²) >= 11 is 1.39. The quantitative estimate of drug-likeness (QED) is 0.856. The Morgan fingerprint density at radius 2 is 2.28 bits per heavy atom. The van der Waals surface area contributed by atoms with Crippen LogP contribution in [-0.4, -0.2) is 28.6 Å². The van der Waals surface area contributed by atoms with Gasteiger partial charge in [-0.3, -0.25) is 14.5 Å². The normalized spacial score (nSPS) is 17.1. The second-order valence-corrected chi connectivity index (χ2v) is 7.02. The van der Waals surface area contributed by atoms with Gasteiger partial charge in [0.1, 0.15) is 10.8 Å². The van der Waals surface area contributed by atoms with Gasteiger partial charge < -0.3 is 5.32 Å². The smallest absolute Gasteiger partial charge is 0.229 e. The molecule has 1 atom stereocenters. The molecule has 1 N–H and O–H groups in total. The van der Waals surface area contributed by atoms with Gasteiger partial charge in [0.15, 0.2) is 0 Å². The van der Waals surface area contributed by atoms with Gasteiger partial charge in [0.2, 0.25) is 16.9 Å². The lowest BCUT2D eigenvalue weighted by Crippen LogP contribution is -2.32. The molecule has 3 rings (SSSR count). The van der Waals surface area contributed by atoms with E-state index in [-0.39, 0.29) is 30.6 Å². The van der Waals surface area contributed by atoms with E-state index in [0.717, 1.165) is 17.8 Å². The first kappa shape index (κ1) is 17.5. The van der Waals surface area contributed by atoms with Gasteiger partial charge in [-0.2, -0.15) is 0 Å². The summed E-state index contributed by atoms with van der Waals surface area (Å²) in [7, 11) is 0. The summed E-state index contributed by atoms with van der Waals surface area (Å²) in [5.74, 6) is -1.10. The molecule has 0 spiro atoms. The number of halogens is 1. The van der Waals surface area contributed by atoms with Crippen molar-refractivity contribution in [2.45, 2.75) is 32.7 Å². The molecule has 132 valence electrons. The van der Waals surface area contributed by atoms with Gasteiger partial charge in [-0.15, -0.1) is 10.2 Å². The van der Waals surface area contributed by atoms with Crippen LogP contribution in [0, 0.1) is 11.7 Å². The maximum absolute atomic E-state index is 13.2. The lowest BCUT2D eigenvalue weighted by Gasteiger charge is -2.12. The van der Waals surface area contributed by atoms with E-state index in [1.807, 2.05) is 0 Å². The highest BCUT2D eigenvalue weighted by molar-refractivity contribution is 7.15. The molecule has 1 aliphatic rings. The zero-order chi connectivity index (χ0) is 17.8. The average molecular weight is 362 g/mol. The summed E-state index contributed by atoms with van der Waals surface area (Å²) in [4.78, 5) is 26.1. The van der Waals surface area contributed by atoms with Crippen molar-refractivity contribution in [2.24, 2.45) is 5.92 Å². The Kier molecular flexibility index (Phi) is 5.37. The lowest BCUT2D eigenvalue weighted by atomic mass is 10.1. The number of hydrogen-bond acceptors (Lipinski definition) is 5. The summed E-state index contributed by atoms with van der Waals surface area (Å²) in [6, 6.07) is 6.07. The van der Waals surface area contributed by atoms with E-state index in [0.29, 0.717) is 17.2 Å². The molecule has 1 aromatic heterocycles. The third-order valence-corrected chi connectivity index (χ3v) is 5.01. The van der Waals surface area contributed by atoms with Crippen LogP contribution in [0.5, 0.6) is 0 Å². The monoisotopic (exact) mass is 362 g/mol. The van der Waals surface area contributed by atoms with Crippen molar-refractivity contribution < 1.29 is 14.0 Å². The predicted molar refractivity (Wildman–Crippen MR) is 92.6 cm³/mol. The summed E-state index contributed by atoms with van der Waals surface area (Å²) in [6.45, 7) is 2.59. The van der Waals surface area contributed by atoms with Gasteiger partial charge >= 0.3 is 0 Å². The molecule has 8 heteroatoms. The SMILES string of the molecule is CCCc1nnc(N2CC(C(=O)NCc3cccc(F)c3)CC2=O)s1. The van der Waals surface area contributed by atoms with Gasteiger partial charge in [-0.1, -0.05) is 30.4 Å². The fourth-order valence-corrected chi connectivity index (χ4v) is 3.68. The maximum atomic E-state index is 13.2. The van der Waals surface area contributed by atoms with Gasteiger partial charge in [0.25, 0.3) is 0 Å². The second kappa shape index (κ2) is 7.69. The largest absolute Gasteiger partial charge is 0.352 e. The number of aromatic nitrogens is 2. The van der Waals surface area contributed by atoms with Gasteiger partial charge in [-0.25, -0.2) is 4.39 Å². The number of anilines is 1. The molecule has 0 radical (unpaired) electrons. The molecule has 2 aromatic rings. The van der Waals surface area contributed by atoms with Crippen LogP contribution in [0.25, 0.3) is 0 Å². The zero-order valence-electron chi connectivity index (χ0n) is 13.9. The molecule has 1 fully saturated rings. The second-order valence-electron chi connectivity index (χ2n) is 5.98. The number of nitrogens with zero attached hydrogens (tertiary/aromatic N) is 3. The molecular formula is C17H19FN4O2S. The fraction of sp³-hybridized carbons (Fsp3) is 0.412. The van der Waals surface area contributed by atoms with Crippen molar-refractivity contribution in [1.82, 2.24) is 15.5 Å². The fourth-order valence-electron chi connectivity index (χ4n) is 2.72. The number of rotatable bonds is 6. The van der Waals surface area contributed by atoms with Crippen molar-refractivity contribution in [2.75, 3.05) is 11.4 Å². The molecule has 1 unspecified atom stereocenters. The minimum Gasteiger partial charge on any atom is -0.352 e. The average Bonchev–Trinajstić information content (AvgIpc) is 3.19. The van der Waals surface area contributed by atoms with Crippen LogP contribution in [-0.2, 0) is 22.6 Å². The van der Waals surface area contributed by atoms with E-state index in [4.69, 9.17) is 0 Å². The summed E-state index contributed by atoms with van der Waals surface area (Å²) in [5, 5.41) is 12.4. The molecule has 1 aliphatic heterocycles.